The van der Waals surface area contributed by atoms with Crippen molar-refractivity contribution in [3.05, 3.63) is 0 Å². The maximum absolute atomic E-state index is 14.2. The van der Waals surface area contributed by atoms with Gasteiger partial charge in [-0.1, -0.05) is 85.1 Å². The lowest BCUT2D eigenvalue weighted by Gasteiger charge is -2.58. The Kier molecular flexibility index (Phi) is 5.72. The van der Waals surface area contributed by atoms with Crippen LogP contribution in [0.1, 0.15) is 39.0 Å². The average Bonchev–Trinajstić information content (AvgIpc) is 2.24. The second-order valence-electron chi connectivity index (χ2n) is 11.0. The van der Waals surface area contributed by atoms with Gasteiger partial charge in [-0.05, 0) is 12.8 Å². The van der Waals surface area contributed by atoms with Crippen LogP contribution < -0.4 is 0 Å². The van der Waals surface area contributed by atoms with Crippen molar-refractivity contribution in [2.24, 2.45) is 5.41 Å². The quantitative estimate of drug-likeness (QED) is 0.560. The molecule has 0 aromatic rings. The molecule has 0 saturated heterocycles. The predicted molar refractivity (Wildman–Crippen MR) is 112 cm³/mol. The van der Waals surface area contributed by atoms with Crippen LogP contribution in [-0.4, -0.2) is 34.8 Å². The van der Waals surface area contributed by atoms with Gasteiger partial charge in [-0.3, -0.25) is 0 Å². The first-order valence-electron chi connectivity index (χ1n) is 9.16. The van der Waals surface area contributed by atoms with Crippen molar-refractivity contribution in [1.29, 1.82) is 0 Å². The van der Waals surface area contributed by atoms with Crippen LogP contribution in [0.5, 0.6) is 0 Å². The minimum Gasteiger partial charge on any atom is -0.306 e. The second kappa shape index (κ2) is 6.12. The third-order valence-corrected chi connectivity index (χ3v) is 77.0. The number of hydrogen-bond donors (Lipinski definition) is 0. The standard InChI is InChI=1S/C17H40OSi4/c1-17(14-12-11-13-15-17)16(18)22(19(2,3)4,20(5,6)7)21(8,9)10/h11-15H2,1-10H3. The van der Waals surface area contributed by atoms with Gasteiger partial charge in [-0.25, -0.2) is 0 Å². The Morgan fingerprint density at radius 3 is 1.27 bits per heavy atom. The van der Waals surface area contributed by atoms with Gasteiger partial charge < -0.3 is 4.79 Å². The molecule has 0 aromatic carbocycles. The molecule has 1 aliphatic carbocycles. The summed E-state index contributed by atoms with van der Waals surface area (Å²) in [6.45, 7) is 23.3. The summed E-state index contributed by atoms with van der Waals surface area (Å²) in [6, 6.07) is 0. The zero-order chi connectivity index (χ0) is 17.6. The summed E-state index contributed by atoms with van der Waals surface area (Å²) >= 11 is 0. The molecule has 0 atom stereocenters. The zero-order valence-electron chi connectivity index (χ0n) is 16.9. The monoisotopic (exact) mass is 372 g/mol. The molecule has 22 heavy (non-hydrogen) atoms. The van der Waals surface area contributed by atoms with Crippen LogP contribution in [0.3, 0.4) is 0 Å². The van der Waals surface area contributed by atoms with E-state index in [1.165, 1.54) is 32.1 Å². The van der Waals surface area contributed by atoms with Gasteiger partial charge in [0.15, 0.2) is 0 Å². The number of carbonyl (C=O) groups excluding carboxylic acids is 1. The summed E-state index contributed by atoms with van der Waals surface area (Å²) in [5.41, 5.74) is 0.0192. The molecule has 0 bridgehead atoms. The molecular formula is C17H40OSi4. The Morgan fingerprint density at radius 2 is 1.00 bits per heavy atom. The lowest BCUT2D eigenvalue weighted by Crippen LogP contribution is -2.88. The van der Waals surface area contributed by atoms with Gasteiger partial charge in [0.2, 0.25) is 0 Å². The number of carbonyl (C=O) groups is 1. The minimum atomic E-state index is -1.89. The fourth-order valence-corrected chi connectivity index (χ4v) is 106. The molecule has 0 N–H and O–H groups in total. The summed E-state index contributed by atoms with van der Waals surface area (Å²) in [4.78, 5) is 14.2. The summed E-state index contributed by atoms with van der Waals surface area (Å²) in [6.07, 6.45) is 6.22. The molecule has 1 fully saturated rings. The Labute approximate surface area is 143 Å². The van der Waals surface area contributed by atoms with E-state index in [9.17, 15) is 4.79 Å². The molecule has 0 aliphatic heterocycles. The van der Waals surface area contributed by atoms with Crippen LogP contribution in [0.25, 0.3) is 0 Å². The normalized spacial score (nSPS) is 20.8. The van der Waals surface area contributed by atoms with Gasteiger partial charge in [0, 0.05) is 28.2 Å². The van der Waals surface area contributed by atoms with E-state index < -0.39 is 29.4 Å². The first-order valence-corrected chi connectivity index (χ1v) is 24.7. The highest BCUT2D eigenvalue weighted by atomic mass is 29.9. The molecule has 1 nitrogen and oxygen atoms in total. The van der Waals surface area contributed by atoms with Crippen LogP contribution in [-0.2, 0) is 4.79 Å². The van der Waals surface area contributed by atoms with Gasteiger partial charge in [-0.15, -0.1) is 0 Å². The van der Waals surface area contributed by atoms with Crippen molar-refractivity contribution in [2.75, 3.05) is 0 Å². The molecule has 0 unspecified atom stereocenters. The van der Waals surface area contributed by atoms with E-state index in [2.05, 4.69) is 65.8 Å². The molecule has 0 amide bonds. The van der Waals surface area contributed by atoms with E-state index in [1.54, 1.807) is 0 Å². The Bertz CT molecular complexity index is 381. The second-order valence-corrected chi connectivity index (χ2v) is 51.2. The van der Waals surface area contributed by atoms with E-state index in [1.807, 2.05) is 0 Å². The molecular weight excluding hydrogens is 333 g/mol. The molecule has 0 heterocycles. The fraction of sp³-hybridized carbons (Fsp3) is 0.941. The minimum absolute atomic E-state index is 0.0192. The highest BCUT2D eigenvalue weighted by molar-refractivity contribution is 7.96. The predicted octanol–water partition coefficient (Wildman–Crippen LogP) is 5.76. The highest BCUT2D eigenvalue weighted by Gasteiger charge is 2.68. The van der Waals surface area contributed by atoms with Crippen LogP contribution in [0.4, 0.5) is 0 Å². The molecule has 0 aromatic heterocycles. The van der Waals surface area contributed by atoms with Gasteiger partial charge >= 0.3 is 0 Å². The van der Waals surface area contributed by atoms with Gasteiger partial charge in [0.25, 0.3) is 0 Å². The molecule has 1 rings (SSSR count). The van der Waals surface area contributed by atoms with Crippen LogP contribution >= 0.6 is 0 Å². The van der Waals surface area contributed by atoms with Crippen LogP contribution in [0.15, 0.2) is 0 Å². The Hall–Kier alpha value is 0.538. The van der Waals surface area contributed by atoms with E-state index in [4.69, 9.17) is 0 Å². The molecule has 130 valence electrons. The topological polar surface area (TPSA) is 17.1 Å². The van der Waals surface area contributed by atoms with E-state index in [-0.39, 0.29) is 5.41 Å². The molecule has 1 aliphatic rings. The Morgan fingerprint density at radius 1 is 0.682 bits per heavy atom. The van der Waals surface area contributed by atoms with Crippen molar-refractivity contribution in [1.82, 2.24) is 0 Å². The van der Waals surface area contributed by atoms with E-state index in [0.717, 1.165) is 5.41 Å². The van der Waals surface area contributed by atoms with Crippen LogP contribution in [0, 0.1) is 5.41 Å². The van der Waals surface area contributed by atoms with Crippen molar-refractivity contribution in [3.63, 3.8) is 0 Å². The van der Waals surface area contributed by atoms with Gasteiger partial charge in [0.05, 0.1) is 0 Å². The lowest BCUT2D eigenvalue weighted by atomic mass is 9.77. The summed E-state index contributed by atoms with van der Waals surface area (Å²) in [5.74, 6) is 0. The summed E-state index contributed by atoms with van der Waals surface area (Å²) in [7, 11) is -4.47. The highest BCUT2D eigenvalue weighted by Crippen LogP contribution is 2.46. The average molecular weight is 373 g/mol. The molecule has 0 radical (unpaired) electrons. The van der Waals surface area contributed by atoms with Crippen molar-refractivity contribution < 1.29 is 4.79 Å². The zero-order valence-corrected chi connectivity index (χ0v) is 20.9. The van der Waals surface area contributed by atoms with Gasteiger partial charge in [0.1, 0.15) is 12.0 Å². The van der Waals surface area contributed by atoms with E-state index >= 15 is 0 Å². The third-order valence-electron chi connectivity index (χ3n) is 6.22. The molecule has 0 spiro atoms. The third kappa shape index (κ3) is 3.19. The largest absolute Gasteiger partial charge is 0.306 e. The fourth-order valence-electron chi connectivity index (χ4n) is 6.41. The maximum Gasteiger partial charge on any atom is 0.113 e. The summed E-state index contributed by atoms with van der Waals surface area (Å²) in [5, 5.41) is 0.845. The van der Waals surface area contributed by atoms with Crippen LogP contribution in [0.2, 0.25) is 58.9 Å². The first-order chi connectivity index (χ1) is 9.61. The first kappa shape index (κ1) is 20.6. The SMILES string of the molecule is CC1(C(=O)[Si]([Si](C)(C)C)([Si](C)(C)C)[Si](C)(C)C)CCCCC1. The van der Waals surface area contributed by atoms with E-state index in [0.29, 0.717) is 0 Å². The van der Waals surface area contributed by atoms with Gasteiger partial charge in [-0.2, -0.15) is 0 Å². The van der Waals surface area contributed by atoms with Crippen molar-refractivity contribution in [3.8, 4) is 0 Å². The summed E-state index contributed by atoms with van der Waals surface area (Å²) < 4.78 is 0. The van der Waals surface area contributed by atoms with Crippen molar-refractivity contribution in [2.45, 2.75) is 98.0 Å². The number of rotatable bonds is 5. The Balaban J connectivity index is 3.60. The molecule has 1 saturated carbocycles. The maximum atomic E-state index is 14.2. The van der Waals surface area contributed by atoms with Crippen molar-refractivity contribution >= 4 is 34.8 Å². The number of hydrogen-bond acceptors (Lipinski definition) is 1. The smallest absolute Gasteiger partial charge is 0.113 e. The molecule has 5 heteroatoms. The lowest BCUT2D eigenvalue weighted by molar-refractivity contribution is -0.121.